The molecule has 0 spiro atoms. The summed E-state index contributed by atoms with van der Waals surface area (Å²) >= 11 is 0. The molecule has 5 nitrogen and oxygen atoms in total. The molecule has 1 saturated carbocycles. The highest BCUT2D eigenvalue weighted by Crippen LogP contribution is 2.35. The Morgan fingerprint density at radius 1 is 0.969 bits per heavy atom. The Kier molecular flexibility index (Phi) is 6.95. The fraction of sp³-hybridized carbons (Fsp3) is 0.296. The molecule has 1 amide bonds. The lowest BCUT2D eigenvalue weighted by molar-refractivity contribution is -0.118. The summed E-state index contributed by atoms with van der Waals surface area (Å²) in [6, 6.07) is 21.8. The van der Waals surface area contributed by atoms with E-state index in [9.17, 15) is 9.59 Å². The van der Waals surface area contributed by atoms with Crippen molar-refractivity contribution in [3.8, 4) is 11.1 Å². The first-order chi connectivity index (χ1) is 15.6. The lowest BCUT2D eigenvalue weighted by Crippen LogP contribution is -2.23. The molecule has 3 aromatic rings. The van der Waals surface area contributed by atoms with Gasteiger partial charge in [-0.1, -0.05) is 80.3 Å². The summed E-state index contributed by atoms with van der Waals surface area (Å²) in [5.74, 6) is 0.231. The zero-order valence-electron chi connectivity index (χ0n) is 18.3. The van der Waals surface area contributed by atoms with Crippen molar-refractivity contribution >= 4 is 17.7 Å². The summed E-state index contributed by atoms with van der Waals surface area (Å²) in [4.78, 5) is 29.1. The predicted octanol–water partition coefficient (Wildman–Crippen LogP) is 5.84. The van der Waals surface area contributed by atoms with Gasteiger partial charge >= 0.3 is 5.97 Å². The highest BCUT2D eigenvalue weighted by atomic mass is 16.5. The molecule has 1 aliphatic carbocycles. The van der Waals surface area contributed by atoms with E-state index in [2.05, 4.69) is 46.7 Å². The van der Waals surface area contributed by atoms with Crippen LogP contribution in [0.4, 0.5) is 5.82 Å². The van der Waals surface area contributed by atoms with Gasteiger partial charge in [0.2, 0.25) is 5.91 Å². The van der Waals surface area contributed by atoms with Crippen LogP contribution >= 0.6 is 0 Å². The molecule has 1 aliphatic rings. The number of carbonyl (C=O) groups is 2. The number of rotatable bonds is 7. The van der Waals surface area contributed by atoms with Gasteiger partial charge in [0.1, 0.15) is 5.82 Å². The van der Waals surface area contributed by atoms with E-state index >= 15 is 0 Å². The number of aromatic nitrogens is 1. The van der Waals surface area contributed by atoms with Crippen molar-refractivity contribution in [3.05, 3.63) is 84.1 Å². The molecule has 0 aliphatic heterocycles. The SMILES string of the molecule is COC(=O)c1ccc(NC(=O)C(CC2CCCC2)c2ccc(-c3ccccc3)cc2)nc1. The Balaban J connectivity index is 1.53. The predicted molar refractivity (Wildman–Crippen MR) is 125 cm³/mol. The summed E-state index contributed by atoms with van der Waals surface area (Å²) in [7, 11) is 1.33. The fourth-order valence-corrected chi connectivity index (χ4v) is 4.43. The minimum Gasteiger partial charge on any atom is -0.465 e. The highest BCUT2D eigenvalue weighted by Gasteiger charge is 2.27. The molecule has 32 heavy (non-hydrogen) atoms. The minimum atomic E-state index is -0.451. The molecule has 0 bridgehead atoms. The van der Waals surface area contributed by atoms with Crippen LogP contribution in [0.3, 0.4) is 0 Å². The van der Waals surface area contributed by atoms with Crippen LogP contribution in [0, 0.1) is 5.92 Å². The van der Waals surface area contributed by atoms with Gasteiger partial charge in [0.15, 0.2) is 0 Å². The zero-order valence-corrected chi connectivity index (χ0v) is 18.3. The largest absolute Gasteiger partial charge is 0.465 e. The molecular formula is C27H28N2O3. The number of amides is 1. The summed E-state index contributed by atoms with van der Waals surface area (Å²) in [5, 5.41) is 2.94. The second-order valence-electron chi connectivity index (χ2n) is 8.34. The first kappa shape index (κ1) is 21.8. The van der Waals surface area contributed by atoms with Gasteiger partial charge in [-0.25, -0.2) is 9.78 Å². The van der Waals surface area contributed by atoms with Crippen molar-refractivity contribution < 1.29 is 14.3 Å². The minimum absolute atomic E-state index is 0.0670. The standard InChI is InChI=1S/C27H28N2O3/c1-32-27(31)23-15-16-25(28-18-23)29-26(30)24(17-19-7-5-6-8-19)22-13-11-21(12-14-22)20-9-3-2-4-10-20/h2-4,9-16,18-19,24H,5-8,17H2,1H3,(H,28,29,30). The average molecular weight is 429 g/mol. The molecular weight excluding hydrogens is 400 g/mol. The number of methoxy groups -OCH3 is 1. The van der Waals surface area contributed by atoms with Crippen LogP contribution in [0.25, 0.3) is 11.1 Å². The van der Waals surface area contributed by atoms with E-state index in [0.717, 1.165) is 23.1 Å². The molecule has 4 rings (SSSR count). The number of nitrogens with zero attached hydrogens (tertiary/aromatic N) is 1. The average Bonchev–Trinajstić information content (AvgIpc) is 3.36. The second kappa shape index (κ2) is 10.2. The Morgan fingerprint density at radius 3 is 2.28 bits per heavy atom. The molecule has 0 radical (unpaired) electrons. The van der Waals surface area contributed by atoms with Crippen molar-refractivity contribution in [2.75, 3.05) is 12.4 Å². The molecule has 1 aromatic heterocycles. The third kappa shape index (κ3) is 5.22. The molecule has 0 saturated heterocycles. The molecule has 1 unspecified atom stereocenters. The van der Waals surface area contributed by atoms with Crippen LogP contribution in [0.1, 0.15) is 53.9 Å². The summed E-state index contributed by atoms with van der Waals surface area (Å²) in [6.45, 7) is 0. The molecule has 1 N–H and O–H groups in total. The lowest BCUT2D eigenvalue weighted by Gasteiger charge is -2.21. The lowest BCUT2D eigenvalue weighted by atomic mass is 9.86. The smallest absolute Gasteiger partial charge is 0.339 e. The number of esters is 1. The first-order valence-electron chi connectivity index (χ1n) is 11.1. The fourth-order valence-electron chi connectivity index (χ4n) is 4.43. The molecule has 1 atom stereocenters. The van der Waals surface area contributed by atoms with Gasteiger partial charge in [0, 0.05) is 6.20 Å². The van der Waals surface area contributed by atoms with Crippen molar-refractivity contribution in [1.82, 2.24) is 4.98 Å². The Hall–Kier alpha value is -3.47. The maximum absolute atomic E-state index is 13.3. The van der Waals surface area contributed by atoms with Crippen molar-refractivity contribution in [3.63, 3.8) is 0 Å². The van der Waals surface area contributed by atoms with Gasteiger partial charge in [0.25, 0.3) is 0 Å². The summed E-state index contributed by atoms with van der Waals surface area (Å²) in [6.07, 6.45) is 7.08. The van der Waals surface area contributed by atoms with E-state index in [1.807, 2.05) is 18.2 Å². The van der Waals surface area contributed by atoms with Crippen LogP contribution < -0.4 is 5.32 Å². The van der Waals surface area contributed by atoms with Gasteiger partial charge in [-0.15, -0.1) is 0 Å². The number of pyridine rings is 1. The molecule has 164 valence electrons. The number of benzene rings is 2. The third-order valence-corrected chi connectivity index (χ3v) is 6.22. The van der Waals surface area contributed by atoms with E-state index in [1.54, 1.807) is 12.1 Å². The number of hydrogen-bond acceptors (Lipinski definition) is 4. The van der Waals surface area contributed by atoms with Crippen LogP contribution in [0.15, 0.2) is 72.9 Å². The number of carbonyl (C=O) groups excluding carboxylic acids is 2. The topological polar surface area (TPSA) is 68.3 Å². The third-order valence-electron chi connectivity index (χ3n) is 6.22. The van der Waals surface area contributed by atoms with Gasteiger partial charge in [-0.3, -0.25) is 4.79 Å². The van der Waals surface area contributed by atoms with Gasteiger partial charge in [-0.2, -0.15) is 0 Å². The van der Waals surface area contributed by atoms with Crippen LogP contribution in [-0.2, 0) is 9.53 Å². The summed E-state index contributed by atoms with van der Waals surface area (Å²) < 4.78 is 4.70. The van der Waals surface area contributed by atoms with Gasteiger partial charge in [0.05, 0.1) is 18.6 Å². The molecule has 1 heterocycles. The number of nitrogens with one attached hydrogen (secondary N) is 1. The molecule has 2 aromatic carbocycles. The van der Waals surface area contributed by atoms with Crippen LogP contribution in [0.5, 0.6) is 0 Å². The zero-order chi connectivity index (χ0) is 22.3. The number of hydrogen-bond donors (Lipinski definition) is 1. The van der Waals surface area contributed by atoms with Crippen LogP contribution in [0.2, 0.25) is 0 Å². The van der Waals surface area contributed by atoms with Gasteiger partial charge < -0.3 is 10.1 Å². The van der Waals surface area contributed by atoms with E-state index in [4.69, 9.17) is 4.74 Å². The van der Waals surface area contributed by atoms with Crippen molar-refractivity contribution in [1.29, 1.82) is 0 Å². The Bertz CT molecular complexity index is 1040. The van der Waals surface area contributed by atoms with Crippen molar-refractivity contribution in [2.24, 2.45) is 5.92 Å². The number of anilines is 1. The van der Waals surface area contributed by atoms with E-state index in [0.29, 0.717) is 17.3 Å². The Morgan fingerprint density at radius 2 is 1.66 bits per heavy atom. The second-order valence-corrected chi connectivity index (χ2v) is 8.34. The van der Waals surface area contributed by atoms with E-state index in [1.165, 1.54) is 39.0 Å². The van der Waals surface area contributed by atoms with Gasteiger partial charge in [-0.05, 0) is 41.2 Å². The first-order valence-corrected chi connectivity index (χ1v) is 11.1. The maximum Gasteiger partial charge on any atom is 0.339 e. The molecule has 5 heteroatoms. The quantitative estimate of drug-likeness (QED) is 0.480. The van der Waals surface area contributed by atoms with Crippen molar-refractivity contribution in [2.45, 2.75) is 38.0 Å². The van der Waals surface area contributed by atoms with Crippen LogP contribution in [-0.4, -0.2) is 24.0 Å². The summed E-state index contributed by atoms with van der Waals surface area (Å²) in [5.41, 5.74) is 3.66. The maximum atomic E-state index is 13.3. The number of ether oxygens (including phenoxy) is 1. The normalized spacial score (nSPS) is 14.7. The monoisotopic (exact) mass is 428 g/mol. The Labute approximate surface area is 188 Å². The van der Waals surface area contributed by atoms with E-state index in [-0.39, 0.29) is 11.8 Å². The highest BCUT2D eigenvalue weighted by molar-refractivity contribution is 5.95. The molecule has 1 fully saturated rings. The van der Waals surface area contributed by atoms with E-state index < -0.39 is 5.97 Å².